The van der Waals surface area contributed by atoms with Crippen molar-refractivity contribution in [3.8, 4) is 0 Å². The van der Waals surface area contributed by atoms with Crippen molar-refractivity contribution in [1.29, 1.82) is 0 Å². The van der Waals surface area contributed by atoms with Crippen LogP contribution in [0.15, 0.2) is 39.6 Å². The summed E-state index contributed by atoms with van der Waals surface area (Å²) in [6.45, 7) is 4.65. The molecule has 0 bridgehead atoms. The molecule has 0 atom stereocenters. The number of rotatable bonds is 4. The molecule has 1 aromatic carbocycles. The number of aryl methyl sites for hydroxylation is 1. The second kappa shape index (κ2) is 7.96. The molecule has 0 spiro atoms. The molecule has 3 heterocycles. The highest BCUT2D eigenvalue weighted by Crippen LogP contribution is 2.40. The highest BCUT2D eigenvalue weighted by Gasteiger charge is 2.38. The monoisotopic (exact) mass is 488 g/mol. The summed E-state index contributed by atoms with van der Waals surface area (Å²) >= 11 is 18.7. The fraction of sp³-hybridized carbons (Fsp3) is 0.222. The summed E-state index contributed by atoms with van der Waals surface area (Å²) in [4.78, 5) is 0.641. The summed E-state index contributed by atoms with van der Waals surface area (Å²) in [6, 6.07) is 4.88. The lowest BCUT2D eigenvalue weighted by atomic mass is 10.1. The molecule has 6 nitrogen and oxygen atoms in total. The lowest BCUT2D eigenvalue weighted by Gasteiger charge is -2.18. The van der Waals surface area contributed by atoms with Gasteiger partial charge in [-0.3, -0.25) is 4.68 Å². The average molecular weight is 490 g/mol. The Morgan fingerprint density at radius 3 is 2.63 bits per heavy atom. The summed E-state index contributed by atoms with van der Waals surface area (Å²) in [7, 11) is 0. The Hall–Kier alpha value is -1.94. The van der Waals surface area contributed by atoms with E-state index in [1.165, 1.54) is 0 Å². The molecule has 0 N–H and O–H groups in total. The van der Waals surface area contributed by atoms with Crippen molar-refractivity contribution in [2.45, 2.75) is 30.9 Å². The van der Waals surface area contributed by atoms with E-state index >= 15 is 0 Å². The van der Waals surface area contributed by atoms with Gasteiger partial charge in [0.1, 0.15) is 5.71 Å². The van der Waals surface area contributed by atoms with Crippen LogP contribution >= 0.6 is 46.6 Å². The zero-order valence-corrected chi connectivity index (χ0v) is 18.7. The van der Waals surface area contributed by atoms with E-state index in [1.807, 2.05) is 24.6 Å². The third kappa shape index (κ3) is 3.87. The van der Waals surface area contributed by atoms with Crippen LogP contribution < -0.4 is 0 Å². The molecule has 0 radical (unpaired) electrons. The first kappa shape index (κ1) is 21.3. The van der Waals surface area contributed by atoms with Gasteiger partial charge in [0.25, 0.3) is 0 Å². The van der Waals surface area contributed by atoms with Crippen molar-refractivity contribution in [1.82, 2.24) is 24.7 Å². The molecule has 0 amide bonds. The number of aromatic nitrogens is 5. The molecule has 156 valence electrons. The van der Waals surface area contributed by atoms with Gasteiger partial charge < -0.3 is 0 Å². The first-order valence-electron chi connectivity index (χ1n) is 8.68. The van der Waals surface area contributed by atoms with Gasteiger partial charge in [-0.25, -0.2) is 0 Å². The van der Waals surface area contributed by atoms with E-state index in [0.29, 0.717) is 32.8 Å². The smallest absolute Gasteiger partial charge is 0.270 e. The Bertz CT molecular complexity index is 1200. The largest absolute Gasteiger partial charge is 0.383 e. The number of hydrogen-bond donors (Lipinski definition) is 0. The van der Waals surface area contributed by atoms with Crippen molar-refractivity contribution in [2.24, 2.45) is 5.10 Å². The zero-order chi connectivity index (χ0) is 21.6. The second-order valence-electron chi connectivity index (χ2n) is 6.30. The Balaban J connectivity index is 1.92. The van der Waals surface area contributed by atoms with Gasteiger partial charge in [-0.05, 0) is 61.5 Å². The fourth-order valence-corrected chi connectivity index (χ4v) is 4.46. The Kier molecular flexibility index (Phi) is 5.65. The third-order valence-electron chi connectivity index (χ3n) is 4.41. The topological polar surface area (TPSA) is 60.9 Å². The fourth-order valence-electron chi connectivity index (χ4n) is 2.92. The molecule has 0 saturated heterocycles. The molecule has 30 heavy (non-hydrogen) atoms. The quantitative estimate of drug-likeness (QED) is 0.435. The lowest BCUT2D eigenvalue weighted by molar-refractivity contribution is 0.0799. The summed E-state index contributed by atoms with van der Waals surface area (Å²) in [5.74, 6) is -0.775. The molecular formula is C18H13Cl3F2N6S. The van der Waals surface area contributed by atoms with E-state index in [-0.39, 0.29) is 5.16 Å². The van der Waals surface area contributed by atoms with Gasteiger partial charge in [0, 0.05) is 33.3 Å². The highest BCUT2D eigenvalue weighted by molar-refractivity contribution is 8.04. The van der Waals surface area contributed by atoms with Gasteiger partial charge in [0.2, 0.25) is 11.0 Å². The van der Waals surface area contributed by atoms with Crippen LogP contribution in [0.4, 0.5) is 8.78 Å². The number of fused-ring (bicyclic) bond motifs is 1. The molecule has 1 aliphatic rings. The minimum Gasteiger partial charge on any atom is -0.270 e. The normalized spacial score (nSPS) is 15.4. The van der Waals surface area contributed by atoms with E-state index in [4.69, 9.17) is 34.8 Å². The maximum Gasteiger partial charge on any atom is 0.383 e. The van der Waals surface area contributed by atoms with Gasteiger partial charge in [0.05, 0.1) is 11.2 Å². The van der Waals surface area contributed by atoms with Crippen molar-refractivity contribution in [2.75, 3.05) is 0 Å². The van der Waals surface area contributed by atoms with Crippen LogP contribution in [0.25, 0.3) is 6.08 Å². The number of hydrogen-bond acceptors (Lipinski definition) is 5. The molecule has 4 rings (SSSR count). The van der Waals surface area contributed by atoms with Gasteiger partial charge in [-0.2, -0.15) is 23.7 Å². The van der Waals surface area contributed by atoms with Gasteiger partial charge >= 0.3 is 5.38 Å². The number of nitrogens with zero attached hydrogens (tertiary/aromatic N) is 6. The van der Waals surface area contributed by atoms with Crippen molar-refractivity contribution in [3.05, 3.63) is 62.0 Å². The predicted octanol–water partition coefficient (Wildman–Crippen LogP) is 5.80. The standard InChI is InChI=1S/C18H13Cl3F2N6S/c1-3-28-9(2)10(8-24-28)6-14-15(12-5-4-11(19)7-13(12)20)27-29-16(18(21,22)23)25-26-17(29)30-14/h4-8H,3H2,1-2H3. The number of halogens is 5. The SMILES string of the molecule is CCn1ncc(C=C2Sc3nnc(C(F)(F)Cl)n3N=C2c2ccc(Cl)cc2Cl)c1C. The van der Waals surface area contributed by atoms with Crippen LogP contribution in [0.1, 0.15) is 29.6 Å². The lowest BCUT2D eigenvalue weighted by Crippen LogP contribution is -2.17. The Morgan fingerprint density at radius 2 is 2.00 bits per heavy atom. The molecule has 3 aromatic rings. The van der Waals surface area contributed by atoms with Crippen molar-refractivity contribution in [3.63, 3.8) is 0 Å². The number of thioether (sulfide) groups is 1. The van der Waals surface area contributed by atoms with Gasteiger partial charge in [-0.15, -0.1) is 10.2 Å². The van der Waals surface area contributed by atoms with Crippen LogP contribution in [0.5, 0.6) is 0 Å². The molecule has 0 fully saturated rings. The van der Waals surface area contributed by atoms with Gasteiger partial charge in [0.15, 0.2) is 0 Å². The first-order chi connectivity index (χ1) is 14.2. The minimum atomic E-state index is -3.73. The first-order valence-corrected chi connectivity index (χ1v) is 10.6. The molecule has 1 aliphatic heterocycles. The zero-order valence-electron chi connectivity index (χ0n) is 15.6. The second-order valence-corrected chi connectivity index (χ2v) is 8.63. The molecular weight excluding hydrogens is 477 g/mol. The molecule has 0 saturated carbocycles. The minimum absolute atomic E-state index is 0.158. The Labute approximate surface area is 189 Å². The van der Waals surface area contributed by atoms with E-state index in [2.05, 4.69) is 20.4 Å². The van der Waals surface area contributed by atoms with Crippen LogP contribution in [-0.2, 0) is 11.9 Å². The maximum absolute atomic E-state index is 13.8. The molecule has 2 aromatic heterocycles. The van der Waals surface area contributed by atoms with Crippen LogP contribution in [0.2, 0.25) is 10.0 Å². The van der Waals surface area contributed by atoms with Crippen LogP contribution in [0.3, 0.4) is 0 Å². The van der Waals surface area contributed by atoms with Crippen molar-refractivity contribution < 1.29 is 8.78 Å². The molecule has 0 unspecified atom stereocenters. The van der Waals surface area contributed by atoms with Gasteiger partial charge in [-0.1, -0.05) is 23.2 Å². The van der Waals surface area contributed by atoms with Crippen molar-refractivity contribution >= 4 is 58.4 Å². The van der Waals surface area contributed by atoms with E-state index < -0.39 is 11.2 Å². The van der Waals surface area contributed by atoms with E-state index in [0.717, 1.165) is 27.7 Å². The third-order valence-corrected chi connectivity index (χ3v) is 6.10. The number of alkyl halides is 3. The summed E-state index contributed by atoms with van der Waals surface area (Å²) in [6.07, 6.45) is 3.59. The summed E-state index contributed by atoms with van der Waals surface area (Å²) in [5.41, 5.74) is 2.68. The van der Waals surface area contributed by atoms with Crippen LogP contribution in [0, 0.1) is 6.92 Å². The molecule has 12 heteroatoms. The predicted molar refractivity (Wildman–Crippen MR) is 115 cm³/mol. The summed E-state index contributed by atoms with van der Waals surface area (Å²) in [5, 5.41) is 13.2. The molecule has 0 aliphatic carbocycles. The van der Waals surface area contributed by atoms with E-state index in [1.54, 1.807) is 24.4 Å². The number of allylic oxidation sites excluding steroid dienone is 1. The van der Waals surface area contributed by atoms with Crippen LogP contribution in [-0.4, -0.2) is 30.4 Å². The maximum atomic E-state index is 13.8. The highest BCUT2D eigenvalue weighted by atomic mass is 35.5. The van der Waals surface area contributed by atoms with E-state index in [9.17, 15) is 8.78 Å². The average Bonchev–Trinajstić information content (AvgIpc) is 3.24. The Morgan fingerprint density at radius 1 is 1.23 bits per heavy atom. The summed E-state index contributed by atoms with van der Waals surface area (Å²) < 4.78 is 30.3. The number of benzene rings is 1.